The molecule has 0 fully saturated rings. The summed E-state index contributed by atoms with van der Waals surface area (Å²) in [7, 11) is 0. The molecule has 0 amide bonds. The normalized spacial score (nSPS) is 10.9. The number of hydrogen-bond donors (Lipinski definition) is 1. The van der Waals surface area contributed by atoms with E-state index in [-0.39, 0.29) is 5.28 Å². The number of aromatic amines is 1. The minimum Gasteiger partial charge on any atom is -0.471 e. The monoisotopic (exact) mass is 266 g/mol. The second kappa shape index (κ2) is 4.31. The van der Waals surface area contributed by atoms with E-state index in [0.29, 0.717) is 18.1 Å². The predicted octanol–water partition coefficient (Wildman–Crippen LogP) is 2.65. The highest BCUT2D eigenvalue weighted by Crippen LogP contribution is 2.23. The fourth-order valence-corrected chi connectivity index (χ4v) is 2.20. The highest BCUT2D eigenvalue weighted by Gasteiger charge is 2.09. The summed E-state index contributed by atoms with van der Waals surface area (Å²) >= 11 is 7.42. The van der Waals surface area contributed by atoms with Gasteiger partial charge in [-0.15, -0.1) is 11.3 Å². The van der Waals surface area contributed by atoms with E-state index in [0.717, 1.165) is 10.3 Å². The van der Waals surface area contributed by atoms with Crippen LogP contribution in [-0.4, -0.2) is 20.2 Å². The molecule has 3 aromatic heterocycles. The van der Waals surface area contributed by atoms with Crippen LogP contribution < -0.4 is 4.74 Å². The summed E-state index contributed by atoms with van der Waals surface area (Å²) in [5, 5.41) is 9.48. The molecule has 7 heteroatoms. The molecule has 17 heavy (non-hydrogen) atoms. The smallest absolute Gasteiger partial charge is 0.229 e. The molecule has 0 saturated carbocycles. The van der Waals surface area contributed by atoms with Crippen molar-refractivity contribution < 1.29 is 4.74 Å². The van der Waals surface area contributed by atoms with Gasteiger partial charge < -0.3 is 4.74 Å². The number of halogens is 1. The average Bonchev–Trinajstić information content (AvgIpc) is 2.95. The molecule has 0 aromatic carbocycles. The van der Waals surface area contributed by atoms with Crippen LogP contribution in [0.3, 0.4) is 0 Å². The van der Waals surface area contributed by atoms with Gasteiger partial charge in [-0.3, -0.25) is 5.10 Å². The van der Waals surface area contributed by atoms with E-state index in [2.05, 4.69) is 20.2 Å². The van der Waals surface area contributed by atoms with Gasteiger partial charge in [-0.25, -0.2) is 0 Å². The summed E-state index contributed by atoms with van der Waals surface area (Å²) in [6.45, 7) is 0.464. The fourth-order valence-electron chi connectivity index (χ4n) is 1.43. The summed E-state index contributed by atoms with van der Waals surface area (Å²) in [5.41, 5.74) is 0.575. The van der Waals surface area contributed by atoms with Crippen LogP contribution in [0, 0.1) is 0 Å². The molecule has 0 spiro atoms. The number of thiophene rings is 1. The Hall–Kier alpha value is -1.66. The Morgan fingerprint density at radius 2 is 2.35 bits per heavy atom. The molecule has 0 aliphatic heterocycles. The highest BCUT2D eigenvalue weighted by molar-refractivity contribution is 7.09. The third-order valence-corrected chi connectivity index (χ3v) is 3.20. The maximum atomic E-state index is 5.79. The van der Waals surface area contributed by atoms with Crippen LogP contribution in [0.1, 0.15) is 4.88 Å². The highest BCUT2D eigenvalue weighted by atomic mass is 35.5. The summed E-state index contributed by atoms with van der Waals surface area (Å²) in [5.74, 6) is 0.446. The van der Waals surface area contributed by atoms with Gasteiger partial charge in [0, 0.05) is 4.88 Å². The molecule has 3 aromatic rings. The van der Waals surface area contributed by atoms with Crippen molar-refractivity contribution in [3.05, 3.63) is 33.9 Å². The van der Waals surface area contributed by atoms with Crippen molar-refractivity contribution in [3.63, 3.8) is 0 Å². The Labute approximate surface area is 105 Å². The second-order valence-electron chi connectivity index (χ2n) is 3.30. The number of nitrogens with one attached hydrogen (secondary N) is 1. The van der Waals surface area contributed by atoms with Gasteiger partial charge in [0.05, 0.1) is 6.20 Å². The lowest BCUT2D eigenvalue weighted by atomic mass is 10.4. The van der Waals surface area contributed by atoms with Crippen LogP contribution in [0.4, 0.5) is 0 Å². The van der Waals surface area contributed by atoms with Crippen LogP contribution in [0.2, 0.25) is 5.28 Å². The Balaban J connectivity index is 1.91. The minimum absolute atomic E-state index is 0.142. The van der Waals surface area contributed by atoms with E-state index in [9.17, 15) is 0 Å². The maximum Gasteiger partial charge on any atom is 0.229 e. The van der Waals surface area contributed by atoms with E-state index in [1.54, 1.807) is 17.5 Å². The number of aromatic nitrogens is 4. The zero-order valence-corrected chi connectivity index (χ0v) is 10.1. The largest absolute Gasteiger partial charge is 0.471 e. The molecule has 0 aliphatic carbocycles. The van der Waals surface area contributed by atoms with Crippen LogP contribution in [0.15, 0.2) is 23.7 Å². The van der Waals surface area contributed by atoms with E-state index in [1.807, 2.05) is 17.5 Å². The first kappa shape index (κ1) is 10.5. The fraction of sp³-hybridized carbons (Fsp3) is 0.100. The molecule has 0 radical (unpaired) electrons. The van der Waals surface area contributed by atoms with Crippen LogP contribution in [0.25, 0.3) is 11.0 Å². The van der Waals surface area contributed by atoms with Gasteiger partial charge in [0.2, 0.25) is 11.2 Å². The first-order chi connectivity index (χ1) is 8.33. The molecule has 3 rings (SSSR count). The molecule has 5 nitrogen and oxygen atoms in total. The molecule has 1 N–H and O–H groups in total. The minimum atomic E-state index is 0.142. The molecule has 0 aliphatic rings. The molecule has 86 valence electrons. The Morgan fingerprint density at radius 3 is 3.18 bits per heavy atom. The first-order valence-corrected chi connectivity index (χ1v) is 6.10. The van der Waals surface area contributed by atoms with Crippen molar-refractivity contribution >= 4 is 34.0 Å². The standard InChI is InChI=1S/C10H7ClN4OS/c11-10-13-8-7(4-12-15-8)9(14-10)16-5-6-2-1-3-17-6/h1-4H,5H2,(H,12,13,14,15). The Kier molecular flexibility index (Phi) is 2.66. The molecule has 3 heterocycles. The lowest BCUT2D eigenvalue weighted by Crippen LogP contribution is -1.97. The topological polar surface area (TPSA) is 63.7 Å². The van der Waals surface area contributed by atoms with Crippen molar-refractivity contribution in [2.24, 2.45) is 0 Å². The molecule has 0 saturated heterocycles. The van der Waals surface area contributed by atoms with E-state index >= 15 is 0 Å². The van der Waals surface area contributed by atoms with E-state index < -0.39 is 0 Å². The summed E-state index contributed by atoms with van der Waals surface area (Å²) in [4.78, 5) is 9.17. The third-order valence-electron chi connectivity index (χ3n) is 2.18. The van der Waals surface area contributed by atoms with Gasteiger partial charge in [-0.05, 0) is 23.0 Å². The second-order valence-corrected chi connectivity index (χ2v) is 4.67. The average molecular weight is 267 g/mol. The van der Waals surface area contributed by atoms with Gasteiger partial charge in [-0.1, -0.05) is 6.07 Å². The number of fused-ring (bicyclic) bond motifs is 1. The number of hydrogen-bond acceptors (Lipinski definition) is 5. The number of H-pyrrole nitrogens is 1. The van der Waals surface area contributed by atoms with Gasteiger partial charge in [0.15, 0.2) is 5.65 Å². The molecular formula is C10H7ClN4OS. The van der Waals surface area contributed by atoms with Crippen molar-refractivity contribution in [2.45, 2.75) is 6.61 Å². The Bertz CT molecular complexity index is 637. The van der Waals surface area contributed by atoms with Gasteiger partial charge in [0.25, 0.3) is 0 Å². The van der Waals surface area contributed by atoms with Crippen molar-refractivity contribution in [2.75, 3.05) is 0 Å². The number of nitrogens with zero attached hydrogens (tertiary/aromatic N) is 3. The third kappa shape index (κ3) is 2.09. The zero-order chi connectivity index (χ0) is 11.7. The van der Waals surface area contributed by atoms with Gasteiger partial charge in [0.1, 0.15) is 12.0 Å². The quantitative estimate of drug-likeness (QED) is 0.740. The lowest BCUT2D eigenvalue weighted by molar-refractivity contribution is 0.301. The SMILES string of the molecule is Clc1nc(OCc2cccs2)c2cn[nH]c2n1. The van der Waals surface area contributed by atoms with Gasteiger partial charge in [-0.2, -0.15) is 15.1 Å². The summed E-state index contributed by atoms with van der Waals surface area (Å²) in [6.07, 6.45) is 1.62. The predicted molar refractivity (Wildman–Crippen MR) is 65.3 cm³/mol. The molecule has 0 bridgehead atoms. The first-order valence-electron chi connectivity index (χ1n) is 4.85. The lowest BCUT2D eigenvalue weighted by Gasteiger charge is -2.04. The van der Waals surface area contributed by atoms with Crippen molar-refractivity contribution in [3.8, 4) is 5.88 Å². The molecule has 0 unspecified atom stereocenters. The summed E-state index contributed by atoms with van der Waals surface area (Å²) < 4.78 is 5.62. The number of rotatable bonds is 3. The van der Waals surface area contributed by atoms with E-state index in [1.165, 1.54) is 0 Å². The maximum absolute atomic E-state index is 5.79. The van der Waals surface area contributed by atoms with Crippen LogP contribution in [-0.2, 0) is 6.61 Å². The molecular weight excluding hydrogens is 260 g/mol. The summed E-state index contributed by atoms with van der Waals surface area (Å²) in [6, 6.07) is 3.98. The Morgan fingerprint density at radius 1 is 1.41 bits per heavy atom. The number of ether oxygens (including phenoxy) is 1. The van der Waals surface area contributed by atoms with Crippen LogP contribution in [0.5, 0.6) is 5.88 Å². The van der Waals surface area contributed by atoms with Gasteiger partial charge >= 0.3 is 0 Å². The zero-order valence-electron chi connectivity index (χ0n) is 8.55. The van der Waals surface area contributed by atoms with Crippen molar-refractivity contribution in [1.29, 1.82) is 0 Å². The van der Waals surface area contributed by atoms with Crippen molar-refractivity contribution in [1.82, 2.24) is 20.2 Å². The molecule has 0 atom stereocenters. The van der Waals surface area contributed by atoms with E-state index in [4.69, 9.17) is 16.3 Å². The van der Waals surface area contributed by atoms with Crippen LogP contribution >= 0.6 is 22.9 Å².